The van der Waals surface area contributed by atoms with E-state index in [1.54, 1.807) is 0 Å². The number of aromatic nitrogens is 1. The van der Waals surface area contributed by atoms with Crippen LogP contribution in [0.2, 0.25) is 0 Å². The number of fused-ring (bicyclic) bond motifs is 1. The molecule has 29 heavy (non-hydrogen) atoms. The highest BCUT2D eigenvalue weighted by Crippen LogP contribution is 2.22. The number of aryl methyl sites for hydroxylation is 1. The maximum atomic E-state index is 12.9. The molecule has 5 nitrogen and oxygen atoms in total. The van der Waals surface area contributed by atoms with Crippen molar-refractivity contribution in [2.45, 2.75) is 26.5 Å². The van der Waals surface area contributed by atoms with Crippen molar-refractivity contribution < 1.29 is 14.4 Å². The number of rotatable bonds is 5. The molecule has 1 aliphatic heterocycles. The molecular formula is C24H28N3O2+. The lowest BCUT2D eigenvalue weighted by molar-refractivity contribution is -0.917. The molecule has 0 radical (unpaired) electrons. The second-order valence-corrected chi connectivity index (χ2v) is 7.79. The molecule has 1 atom stereocenters. The Bertz CT molecular complexity index is 982. The number of benzene rings is 2. The highest BCUT2D eigenvalue weighted by Gasteiger charge is 2.28. The highest BCUT2D eigenvalue weighted by atomic mass is 16.5. The zero-order chi connectivity index (χ0) is 20.2. The molecule has 1 fully saturated rings. The molecule has 1 saturated heterocycles. The van der Waals surface area contributed by atoms with Crippen molar-refractivity contribution in [2.75, 3.05) is 26.2 Å². The Balaban J connectivity index is 1.34. The molecular weight excluding hydrogens is 362 g/mol. The van der Waals surface area contributed by atoms with Crippen LogP contribution in [0.1, 0.15) is 18.1 Å². The summed E-state index contributed by atoms with van der Waals surface area (Å²) in [5.74, 6) is 0.548. The van der Waals surface area contributed by atoms with Gasteiger partial charge in [-0.3, -0.25) is 4.79 Å². The summed E-state index contributed by atoms with van der Waals surface area (Å²) in [7, 11) is 0. The summed E-state index contributed by atoms with van der Waals surface area (Å²) >= 11 is 0. The third-order valence-corrected chi connectivity index (χ3v) is 5.62. The minimum Gasteiger partial charge on any atom is -0.465 e. The Kier molecular flexibility index (Phi) is 5.76. The first kappa shape index (κ1) is 19.4. The fourth-order valence-electron chi connectivity index (χ4n) is 3.97. The van der Waals surface area contributed by atoms with E-state index in [1.165, 1.54) is 10.5 Å². The van der Waals surface area contributed by atoms with E-state index in [0.29, 0.717) is 5.88 Å². The zero-order valence-corrected chi connectivity index (χ0v) is 17.1. The zero-order valence-electron chi connectivity index (χ0n) is 17.1. The van der Waals surface area contributed by atoms with Crippen LogP contribution in [0.3, 0.4) is 0 Å². The largest absolute Gasteiger partial charge is 0.465 e. The molecule has 3 aromatic rings. The van der Waals surface area contributed by atoms with Crippen LogP contribution < -0.4 is 9.64 Å². The molecule has 1 N–H and O–H groups in total. The molecule has 0 bridgehead atoms. The second kappa shape index (κ2) is 8.62. The number of piperazine rings is 1. The Morgan fingerprint density at radius 3 is 2.55 bits per heavy atom. The minimum absolute atomic E-state index is 0.0383. The molecule has 4 rings (SSSR count). The van der Waals surface area contributed by atoms with Crippen LogP contribution in [0, 0.1) is 6.92 Å². The van der Waals surface area contributed by atoms with E-state index in [2.05, 4.69) is 29.2 Å². The van der Waals surface area contributed by atoms with Crippen LogP contribution in [0.5, 0.6) is 5.88 Å². The third kappa shape index (κ3) is 4.57. The number of nitrogens with one attached hydrogen (secondary N) is 1. The van der Waals surface area contributed by atoms with E-state index >= 15 is 0 Å². The third-order valence-electron chi connectivity index (χ3n) is 5.62. The van der Waals surface area contributed by atoms with Gasteiger partial charge in [-0.15, -0.1) is 0 Å². The minimum atomic E-state index is -0.543. The van der Waals surface area contributed by atoms with Crippen molar-refractivity contribution in [1.29, 1.82) is 0 Å². The van der Waals surface area contributed by atoms with E-state index in [-0.39, 0.29) is 5.91 Å². The van der Waals surface area contributed by atoms with Gasteiger partial charge in [0.05, 0.1) is 31.7 Å². The molecule has 0 unspecified atom stereocenters. The van der Waals surface area contributed by atoms with E-state index in [1.807, 2.05) is 55.1 Å². The summed E-state index contributed by atoms with van der Waals surface area (Å²) < 4.78 is 5.93. The standard InChI is InChI=1S/C24H27N3O2/c1-18-16-23(25-22-11-7-6-10-21(18)22)29-19(2)24(28)27-14-12-26(13-15-27)17-20-8-4-3-5-9-20/h3-11,16,19H,12-15,17H2,1-2H3/p+1/t19-/m0/s1. The summed E-state index contributed by atoms with van der Waals surface area (Å²) in [6.45, 7) is 8.31. The molecule has 0 aliphatic carbocycles. The number of nitrogens with zero attached hydrogens (tertiary/aromatic N) is 2. The highest BCUT2D eigenvalue weighted by molar-refractivity contribution is 5.83. The predicted octanol–water partition coefficient (Wildman–Crippen LogP) is 2.24. The fraction of sp³-hybridized carbons (Fsp3) is 0.333. The molecule has 5 heteroatoms. The number of ether oxygens (including phenoxy) is 1. The van der Waals surface area contributed by atoms with Crippen molar-refractivity contribution in [3.05, 3.63) is 71.8 Å². The first-order valence-corrected chi connectivity index (χ1v) is 10.3. The van der Waals surface area contributed by atoms with Gasteiger partial charge in [-0.25, -0.2) is 4.98 Å². The van der Waals surface area contributed by atoms with Gasteiger partial charge in [0.15, 0.2) is 6.10 Å². The lowest BCUT2D eigenvalue weighted by atomic mass is 10.1. The average Bonchev–Trinajstić information content (AvgIpc) is 2.74. The van der Waals surface area contributed by atoms with Gasteiger partial charge in [0.25, 0.3) is 5.91 Å². The van der Waals surface area contributed by atoms with Crippen LogP contribution in [0.4, 0.5) is 0 Å². The Morgan fingerprint density at radius 1 is 1.10 bits per heavy atom. The first-order chi connectivity index (χ1) is 14.1. The van der Waals surface area contributed by atoms with Gasteiger partial charge < -0.3 is 14.5 Å². The topological polar surface area (TPSA) is 46.9 Å². The lowest BCUT2D eigenvalue weighted by Crippen LogP contribution is -3.13. The van der Waals surface area contributed by atoms with Gasteiger partial charge in [0.2, 0.25) is 5.88 Å². The average molecular weight is 391 g/mol. The molecule has 2 aromatic carbocycles. The molecule has 1 aromatic heterocycles. The number of para-hydroxylation sites is 1. The lowest BCUT2D eigenvalue weighted by Gasteiger charge is -2.33. The summed E-state index contributed by atoms with van der Waals surface area (Å²) in [6, 6.07) is 20.4. The fourth-order valence-corrected chi connectivity index (χ4v) is 3.97. The van der Waals surface area contributed by atoms with Crippen molar-refractivity contribution in [3.63, 3.8) is 0 Å². The smallest absolute Gasteiger partial charge is 0.263 e. The van der Waals surface area contributed by atoms with Crippen LogP contribution in [0.25, 0.3) is 10.9 Å². The van der Waals surface area contributed by atoms with Crippen LogP contribution in [0.15, 0.2) is 60.7 Å². The van der Waals surface area contributed by atoms with Gasteiger partial charge >= 0.3 is 0 Å². The van der Waals surface area contributed by atoms with Crippen LogP contribution in [-0.2, 0) is 11.3 Å². The Labute approximate surface area is 171 Å². The van der Waals surface area contributed by atoms with Crippen molar-refractivity contribution in [2.24, 2.45) is 0 Å². The summed E-state index contributed by atoms with van der Waals surface area (Å²) in [5, 5.41) is 1.11. The predicted molar refractivity (Wildman–Crippen MR) is 114 cm³/mol. The first-order valence-electron chi connectivity index (χ1n) is 10.3. The number of amides is 1. The Morgan fingerprint density at radius 2 is 1.79 bits per heavy atom. The van der Waals surface area contributed by atoms with Gasteiger partial charge in [0, 0.05) is 17.0 Å². The SMILES string of the molecule is Cc1cc(O[C@@H](C)C(=O)N2CC[NH+](Cc3ccccc3)CC2)nc2ccccc12. The van der Waals surface area contributed by atoms with Crippen LogP contribution >= 0.6 is 0 Å². The van der Waals surface area contributed by atoms with Crippen molar-refractivity contribution in [1.82, 2.24) is 9.88 Å². The maximum absolute atomic E-state index is 12.9. The van der Waals surface area contributed by atoms with Crippen molar-refractivity contribution in [3.8, 4) is 5.88 Å². The van der Waals surface area contributed by atoms with E-state index in [4.69, 9.17) is 4.74 Å². The number of carbonyl (C=O) groups excluding carboxylic acids is 1. The quantitative estimate of drug-likeness (QED) is 0.727. The second-order valence-electron chi connectivity index (χ2n) is 7.79. The van der Waals surface area contributed by atoms with Crippen LogP contribution in [-0.4, -0.2) is 48.1 Å². The summed E-state index contributed by atoms with van der Waals surface area (Å²) in [4.78, 5) is 20.9. The summed E-state index contributed by atoms with van der Waals surface area (Å²) in [6.07, 6.45) is -0.543. The van der Waals surface area contributed by atoms with Gasteiger partial charge in [-0.1, -0.05) is 48.5 Å². The molecule has 2 heterocycles. The van der Waals surface area contributed by atoms with Gasteiger partial charge in [-0.05, 0) is 25.5 Å². The monoisotopic (exact) mass is 390 g/mol. The van der Waals surface area contributed by atoms with Crippen molar-refractivity contribution >= 4 is 16.8 Å². The maximum Gasteiger partial charge on any atom is 0.263 e. The van der Waals surface area contributed by atoms with E-state index < -0.39 is 6.10 Å². The van der Waals surface area contributed by atoms with E-state index in [0.717, 1.165) is 49.2 Å². The molecule has 150 valence electrons. The number of quaternary nitrogens is 1. The number of pyridine rings is 1. The molecule has 1 amide bonds. The number of hydrogen-bond donors (Lipinski definition) is 1. The normalized spacial score (nSPS) is 16.0. The van der Waals surface area contributed by atoms with Gasteiger partial charge in [-0.2, -0.15) is 0 Å². The Hall–Kier alpha value is -2.92. The number of hydrogen-bond acceptors (Lipinski definition) is 3. The van der Waals surface area contributed by atoms with E-state index in [9.17, 15) is 4.79 Å². The van der Waals surface area contributed by atoms with Gasteiger partial charge in [0.1, 0.15) is 6.54 Å². The molecule has 1 aliphatic rings. The molecule has 0 saturated carbocycles. The summed E-state index contributed by atoms with van der Waals surface area (Å²) in [5.41, 5.74) is 3.33. The molecule has 0 spiro atoms. The number of carbonyl (C=O) groups is 1.